The molecule has 2 heteroatoms. The van der Waals surface area contributed by atoms with Crippen molar-refractivity contribution in [1.82, 2.24) is 4.90 Å². The minimum absolute atomic E-state index is 0.0918. The van der Waals surface area contributed by atoms with E-state index in [4.69, 9.17) is 0 Å². The highest BCUT2D eigenvalue weighted by Crippen LogP contribution is 2.22. The van der Waals surface area contributed by atoms with Crippen molar-refractivity contribution in [2.75, 3.05) is 6.54 Å². The van der Waals surface area contributed by atoms with Gasteiger partial charge in [-0.05, 0) is 31.0 Å². The van der Waals surface area contributed by atoms with E-state index in [1.807, 2.05) is 36.4 Å². The highest BCUT2D eigenvalue weighted by Gasteiger charge is 2.22. The molecule has 0 saturated heterocycles. The van der Waals surface area contributed by atoms with E-state index in [0.717, 1.165) is 25.1 Å². The van der Waals surface area contributed by atoms with Crippen LogP contribution in [-0.2, 0) is 6.54 Å². The van der Waals surface area contributed by atoms with Gasteiger partial charge in [-0.3, -0.25) is 4.90 Å². The number of aliphatic hydroxyl groups excluding tert-OH is 1. The van der Waals surface area contributed by atoms with Gasteiger partial charge in [0, 0.05) is 12.6 Å². The highest BCUT2D eigenvalue weighted by atomic mass is 16.3. The minimum atomic E-state index is -0.457. The van der Waals surface area contributed by atoms with Gasteiger partial charge in [-0.1, -0.05) is 74.0 Å². The van der Waals surface area contributed by atoms with Gasteiger partial charge in [0.2, 0.25) is 0 Å². The second-order valence-electron chi connectivity index (χ2n) is 5.91. The third-order valence-electron chi connectivity index (χ3n) is 4.20. The van der Waals surface area contributed by atoms with Crippen LogP contribution in [-0.4, -0.2) is 22.6 Å². The second-order valence-corrected chi connectivity index (χ2v) is 5.91. The average molecular weight is 297 g/mol. The lowest BCUT2D eigenvalue weighted by Gasteiger charge is -2.32. The van der Waals surface area contributed by atoms with Crippen LogP contribution in [0.1, 0.15) is 43.9 Å². The van der Waals surface area contributed by atoms with Crippen molar-refractivity contribution in [2.24, 2.45) is 0 Å². The Hall–Kier alpha value is -1.64. The molecule has 0 aliphatic carbocycles. The van der Waals surface area contributed by atoms with E-state index >= 15 is 0 Å². The first-order valence-electron chi connectivity index (χ1n) is 8.23. The molecule has 2 aromatic rings. The molecule has 0 heterocycles. The third kappa shape index (κ3) is 4.69. The molecule has 0 saturated carbocycles. The summed E-state index contributed by atoms with van der Waals surface area (Å²) >= 11 is 0. The lowest BCUT2D eigenvalue weighted by Crippen LogP contribution is -2.37. The van der Waals surface area contributed by atoms with E-state index in [-0.39, 0.29) is 6.04 Å². The molecule has 0 fully saturated rings. The maximum Gasteiger partial charge on any atom is 0.0942 e. The largest absolute Gasteiger partial charge is 0.387 e. The maximum atomic E-state index is 10.7. The molecule has 1 N–H and O–H groups in total. The molecule has 0 aromatic heterocycles. The Kier molecular flexibility index (Phi) is 6.63. The maximum absolute atomic E-state index is 10.7. The van der Waals surface area contributed by atoms with Crippen LogP contribution in [0.2, 0.25) is 0 Å². The smallest absolute Gasteiger partial charge is 0.0942 e. The number of aliphatic hydroxyl groups is 1. The van der Waals surface area contributed by atoms with Crippen molar-refractivity contribution in [3.05, 3.63) is 71.8 Å². The van der Waals surface area contributed by atoms with E-state index < -0.39 is 6.10 Å². The number of nitrogens with zero attached hydrogens (tertiary/aromatic N) is 1. The van der Waals surface area contributed by atoms with E-state index in [1.165, 1.54) is 12.0 Å². The number of rotatable bonds is 8. The Labute approximate surface area is 134 Å². The summed E-state index contributed by atoms with van der Waals surface area (Å²) in [5.41, 5.74) is 2.29. The highest BCUT2D eigenvalue weighted by molar-refractivity contribution is 5.19. The molecule has 22 heavy (non-hydrogen) atoms. The summed E-state index contributed by atoms with van der Waals surface area (Å²) in [5.74, 6) is 0. The minimum Gasteiger partial charge on any atom is -0.387 e. The van der Waals surface area contributed by atoms with Crippen LogP contribution in [0.5, 0.6) is 0 Å². The summed E-state index contributed by atoms with van der Waals surface area (Å²) in [4.78, 5) is 2.39. The van der Waals surface area contributed by atoms with E-state index in [2.05, 4.69) is 43.0 Å². The number of unbranched alkanes of at least 4 members (excludes halogenated alkanes) is 1. The molecule has 118 valence electrons. The summed E-state index contributed by atoms with van der Waals surface area (Å²) in [5, 5.41) is 10.7. The summed E-state index contributed by atoms with van der Waals surface area (Å²) in [6, 6.07) is 20.6. The van der Waals surface area contributed by atoms with Crippen molar-refractivity contribution in [3.8, 4) is 0 Å². The molecular formula is C20H27NO. The van der Waals surface area contributed by atoms with Crippen LogP contribution in [0.4, 0.5) is 0 Å². The zero-order chi connectivity index (χ0) is 15.8. The number of hydrogen-bond acceptors (Lipinski definition) is 2. The van der Waals surface area contributed by atoms with Gasteiger partial charge >= 0.3 is 0 Å². The van der Waals surface area contributed by atoms with Crippen LogP contribution < -0.4 is 0 Å². The van der Waals surface area contributed by atoms with Gasteiger partial charge in [0.1, 0.15) is 0 Å². The number of benzene rings is 2. The van der Waals surface area contributed by atoms with E-state index in [9.17, 15) is 5.11 Å². The van der Waals surface area contributed by atoms with Gasteiger partial charge in [-0.15, -0.1) is 0 Å². The molecule has 0 unspecified atom stereocenters. The summed E-state index contributed by atoms with van der Waals surface area (Å²) < 4.78 is 0. The molecule has 0 amide bonds. The molecule has 0 spiro atoms. The number of hydrogen-bond donors (Lipinski definition) is 1. The zero-order valence-corrected chi connectivity index (χ0v) is 13.7. The molecule has 0 bridgehead atoms. The van der Waals surface area contributed by atoms with Gasteiger partial charge in [-0.25, -0.2) is 0 Å². The fraction of sp³-hybridized carbons (Fsp3) is 0.400. The van der Waals surface area contributed by atoms with Crippen molar-refractivity contribution >= 4 is 0 Å². The fourth-order valence-corrected chi connectivity index (χ4v) is 2.73. The van der Waals surface area contributed by atoms with Gasteiger partial charge in [-0.2, -0.15) is 0 Å². The zero-order valence-electron chi connectivity index (χ0n) is 13.7. The van der Waals surface area contributed by atoms with Gasteiger partial charge in [0.05, 0.1) is 6.10 Å². The standard InChI is InChI=1S/C20H27NO/c1-3-4-15-21(16-18-11-7-5-8-12-18)17(2)20(22)19-13-9-6-10-14-19/h5-14,17,20,22H,3-4,15-16H2,1-2H3/t17-,20-/m1/s1. The molecular weight excluding hydrogens is 270 g/mol. The monoisotopic (exact) mass is 297 g/mol. The first-order valence-corrected chi connectivity index (χ1v) is 8.23. The summed E-state index contributed by atoms with van der Waals surface area (Å²) in [7, 11) is 0. The SMILES string of the molecule is CCCCN(Cc1ccccc1)[C@H](C)[C@@H](O)c1ccccc1. The summed E-state index contributed by atoms with van der Waals surface area (Å²) in [6.07, 6.45) is 1.86. The Morgan fingerprint density at radius 3 is 2.14 bits per heavy atom. The predicted octanol–water partition coefficient (Wildman–Crippen LogP) is 4.41. The van der Waals surface area contributed by atoms with Crippen LogP contribution in [0.3, 0.4) is 0 Å². The van der Waals surface area contributed by atoms with Gasteiger partial charge in [0.15, 0.2) is 0 Å². The summed E-state index contributed by atoms with van der Waals surface area (Å²) in [6.45, 7) is 6.22. The third-order valence-corrected chi connectivity index (χ3v) is 4.20. The van der Waals surface area contributed by atoms with Crippen LogP contribution >= 0.6 is 0 Å². The normalized spacial score (nSPS) is 14.0. The molecule has 2 atom stereocenters. The van der Waals surface area contributed by atoms with Crippen molar-refractivity contribution in [2.45, 2.75) is 45.4 Å². The Morgan fingerprint density at radius 2 is 1.55 bits per heavy atom. The van der Waals surface area contributed by atoms with Crippen LogP contribution in [0.25, 0.3) is 0 Å². The van der Waals surface area contributed by atoms with E-state index in [1.54, 1.807) is 0 Å². The fourth-order valence-electron chi connectivity index (χ4n) is 2.73. The second kappa shape index (κ2) is 8.72. The predicted molar refractivity (Wildman–Crippen MR) is 92.6 cm³/mol. The van der Waals surface area contributed by atoms with E-state index in [0.29, 0.717) is 0 Å². The lowest BCUT2D eigenvalue weighted by atomic mass is 10.0. The molecule has 2 rings (SSSR count). The first kappa shape index (κ1) is 16.7. The molecule has 0 aliphatic rings. The Bertz CT molecular complexity index is 526. The first-order chi connectivity index (χ1) is 10.7. The Morgan fingerprint density at radius 1 is 0.955 bits per heavy atom. The van der Waals surface area contributed by atoms with Crippen LogP contribution in [0.15, 0.2) is 60.7 Å². The quantitative estimate of drug-likeness (QED) is 0.780. The molecule has 0 aliphatic heterocycles. The van der Waals surface area contributed by atoms with Crippen molar-refractivity contribution in [3.63, 3.8) is 0 Å². The van der Waals surface area contributed by atoms with Gasteiger partial charge in [0.25, 0.3) is 0 Å². The lowest BCUT2D eigenvalue weighted by molar-refractivity contribution is 0.0523. The van der Waals surface area contributed by atoms with Crippen molar-refractivity contribution < 1.29 is 5.11 Å². The molecule has 0 radical (unpaired) electrons. The average Bonchev–Trinajstić information content (AvgIpc) is 2.59. The van der Waals surface area contributed by atoms with Crippen molar-refractivity contribution in [1.29, 1.82) is 0 Å². The Balaban J connectivity index is 2.10. The van der Waals surface area contributed by atoms with Crippen LogP contribution in [0, 0.1) is 0 Å². The molecule has 2 nitrogen and oxygen atoms in total. The molecule has 2 aromatic carbocycles. The van der Waals surface area contributed by atoms with Gasteiger partial charge < -0.3 is 5.11 Å². The topological polar surface area (TPSA) is 23.5 Å².